The summed E-state index contributed by atoms with van der Waals surface area (Å²) < 4.78 is 0. The third kappa shape index (κ3) is 4.66. The molecule has 0 N–H and O–H groups in total. The van der Waals surface area contributed by atoms with Gasteiger partial charge in [0, 0.05) is 18.1 Å². The van der Waals surface area contributed by atoms with Gasteiger partial charge < -0.3 is 0 Å². The topological polar surface area (TPSA) is 12.4 Å². The summed E-state index contributed by atoms with van der Waals surface area (Å²) in [5, 5.41) is 2.53. The molecule has 0 aromatic heterocycles. The molecule has 0 radical (unpaired) electrons. The van der Waals surface area contributed by atoms with E-state index in [0.29, 0.717) is 0 Å². The molecule has 5 aliphatic carbocycles. The number of allylic oxidation sites excluding steroid dienone is 15. The van der Waals surface area contributed by atoms with Crippen molar-refractivity contribution in [2.75, 3.05) is 0 Å². The minimum atomic E-state index is -0.542. The summed E-state index contributed by atoms with van der Waals surface area (Å²) in [4.78, 5) is 5.18. The van der Waals surface area contributed by atoms with Crippen LogP contribution in [0.3, 0.4) is 0 Å². The predicted molar refractivity (Wildman–Crippen MR) is 252 cm³/mol. The van der Waals surface area contributed by atoms with E-state index in [1.165, 1.54) is 94.3 Å². The SMILES string of the molecule is C/C=C\C=C(/C)C1(C2=CC=CCC=C2)c2cc3c(cc2-c2cc4ccccc4cc21)C(c1ccccc1)(c1ccccc1)C1=C3C2CC=Nc3cccc4c3C2C(=C1)C=C4. The molecule has 0 saturated heterocycles. The highest BCUT2D eigenvalue weighted by molar-refractivity contribution is 6.00. The van der Waals surface area contributed by atoms with Crippen molar-refractivity contribution in [1.29, 1.82) is 0 Å². The van der Waals surface area contributed by atoms with Crippen molar-refractivity contribution >= 4 is 34.3 Å². The van der Waals surface area contributed by atoms with E-state index in [9.17, 15) is 0 Å². The molecule has 1 heterocycles. The van der Waals surface area contributed by atoms with Crippen molar-refractivity contribution in [3.8, 4) is 11.1 Å². The third-order valence-electron chi connectivity index (χ3n) is 14.4. The highest BCUT2D eigenvalue weighted by Gasteiger charge is 2.55. The van der Waals surface area contributed by atoms with Gasteiger partial charge in [0.25, 0.3) is 0 Å². The number of hydrogen-bond donors (Lipinski definition) is 0. The van der Waals surface area contributed by atoms with Crippen LogP contribution in [0, 0.1) is 5.92 Å². The molecule has 0 amide bonds. The Morgan fingerprint density at radius 3 is 2.20 bits per heavy atom. The molecule has 0 fully saturated rings. The maximum Gasteiger partial charge on any atom is 0.0710 e. The molecule has 3 unspecified atom stereocenters. The molecule has 1 heteroatoms. The predicted octanol–water partition coefficient (Wildman–Crippen LogP) is 14.6. The molecular weight excluding hydrogens is 723 g/mol. The van der Waals surface area contributed by atoms with Crippen LogP contribution in [0.2, 0.25) is 0 Å². The van der Waals surface area contributed by atoms with Gasteiger partial charge in [-0.3, -0.25) is 4.99 Å². The second-order valence-electron chi connectivity index (χ2n) is 17.2. The molecule has 0 saturated carbocycles. The Hall–Kier alpha value is -6.83. The third-order valence-corrected chi connectivity index (χ3v) is 14.4. The number of benzene rings is 6. The second-order valence-corrected chi connectivity index (χ2v) is 17.2. The van der Waals surface area contributed by atoms with Gasteiger partial charge in [0.1, 0.15) is 0 Å². The summed E-state index contributed by atoms with van der Waals surface area (Å²) in [6, 6.07) is 48.6. The summed E-state index contributed by atoms with van der Waals surface area (Å²) in [6.07, 6.45) is 29.7. The average Bonchev–Trinajstić information content (AvgIpc) is 3.45. The van der Waals surface area contributed by atoms with Gasteiger partial charge in [-0.05, 0) is 146 Å². The minimum Gasteiger partial charge on any atom is -0.261 e. The standard InChI is InChI=1S/C59H45N/c1-3-4-18-38(2)58(43-22-9-5-6-10-23-43)50-34-41-20-16-15-19-40(41)33-47(50)48-36-52-49(37-51(48)58)57-46-31-32-60-54-28-17-21-39-29-30-42(55(46)56(39)54)35-53(57)59(52,44-24-11-7-12-25-44)45-26-13-8-14-27-45/h3-5,7-30,32-37,46,55H,6,31H2,1-2H3/b4-3-,38-18+. The van der Waals surface area contributed by atoms with Gasteiger partial charge in [-0.1, -0.05) is 169 Å². The normalized spacial score (nSPS) is 22.5. The molecule has 6 aromatic carbocycles. The van der Waals surface area contributed by atoms with Crippen molar-refractivity contribution in [2.45, 2.75) is 43.4 Å². The van der Waals surface area contributed by atoms with E-state index >= 15 is 0 Å². The zero-order valence-electron chi connectivity index (χ0n) is 34.1. The van der Waals surface area contributed by atoms with Gasteiger partial charge in [-0.2, -0.15) is 0 Å². The summed E-state index contributed by atoms with van der Waals surface area (Å²) in [5.41, 5.74) is 20.3. The van der Waals surface area contributed by atoms with Gasteiger partial charge in [-0.15, -0.1) is 0 Å². The number of nitrogens with zero attached hydrogens (tertiary/aromatic N) is 1. The van der Waals surface area contributed by atoms with E-state index in [4.69, 9.17) is 4.99 Å². The summed E-state index contributed by atoms with van der Waals surface area (Å²) in [7, 11) is 0. The number of hydrogen-bond acceptors (Lipinski definition) is 1. The van der Waals surface area contributed by atoms with E-state index in [1.54, 1.807) is 0 Å². The highest BCUT2D eigenvalue weighted by Crippen LogP contribution is 2.66. The number of aliphatic imine (C=N–C) groups is 1. The lowest BCUT2D eigenvalue weighted by molar-refractivity contribution is 0.598. The first-order valence-corrected chi connectivity index (χ1v) is 21.6. The van der Waals surface area contributed by atoms with Crippen LogP contribution in [0.5, 0.6) is 0 Å². The molecule has 1 aliphatic heterocycles. The fourth-order valence-corrected chi connectivity index (χ4v) is 12.0. The lowest BCUT2D eigenvalue weighted by Gasteiger charge is -2.40. The maximum atomic E-state index is 5.18. The average molecular weight is 768 g/mol. The summed E-state index contributed by atoms with van der Waals surface area (Å²) in [6.45, 7) is 4.48. The Balaban J connectivity index is 1.26. The van der Waals surface area contributed by atoms with Crippen molar-refractivity contribution in [3.05, 3.63) is 255 Å². The summed E-state index contributed by atoms with van der Waals surface area (Å²) >= 11 is 0. The minimum absolute atomic E-state index is 0.211. The zero-order valence-corrected chi connectivity index (χ0v) is 34.1. The molecule has 3 atom stereocenters. The van der Waals surface area contributed by atoms with Crippen LogP contribution < -0.4 is 0 Å². The van der Waals surface area contributed by atoms with Crippen molar-refractivity contribution in [1.82, 2.24) is 0 Å². The van der Waals surface area contributed by atoms with Gasteiger partial charge in [-0.25, -0.2) is 0 Å². The van der Waals surface area contributed by atoms with Crippen LogP contribution in [0.4, 0.5) is 5.69 Å². The molecule has 0 bridgehead atoms. The van der Waals surface area contributed by atoms with Gasteiger partial charge in [0.2, 0.25) is 0 Å². The van der Waals surface area contributed by atoms with Crippen LogP contribution in [0.1, 0.15) is 77.1 Å². The van der Waals surface area contributed by atoms with Crippen LogP contribution in [-0.2, 0) is 10.8 Å². The maximum absolute atomic E-state index is 5.18. The lowest BCUT2D eigenvalue weighted by Crippen LogP contribution is -2.31. The fourth-order valence-electron chi connectivity index (χ4n) is 12.0. The zero-order chi connectivity index (χ0) is 40.0. The van der Waals surface area contributed by atoms with Crippen molar-refractivity contribution in [2.24, 2.45) is 10.9 Å². The van der Waals surface area contributed by atoms with Gasteiger partial charge in [0.15, 0.2) is 0 Å². The molecule has 12 rings (SSSR count). The first-order valence-electron chi connectivity index (χ1n) is 21.6. The molecule has 60 heavy (non-hydrogen) atoms. The molecule has 0 spiro atoms. The van der Waals surface area contributed by atoms with Crippen LogP contribution in [0.25, 0.3) is 33.5 Å². The quantitative estimate of drug-likeness (QED) is 0.155. The van der Waals surface area contributed by atoms with Crippen molar-refractivity contribution in [3.63, 3.8) is 0 Å². The van der Waals surface area contributed by atoms with Gasteiger partial charge in [0.05, 0.1) is 16.5 Å². The highest BCUT2D eigenvalue weighted by atomic mass is 14.7. The Morgan fingerprint density at radius 1 is 0.700 bits per heavy atom. The van der Waals surface area contributed by atoms with E-state index in [1.807, 2.05) is 0 Å². The Morgan fingerprint density at radius 2 is 1.42 bits per heavy atom. The summed E-state index contributed by atoms with van der Waals surface area (Å²) in [5.74, 6) is 0.426. The first-order chi connectivity index (χ1) is 29.6. The van der Waals surface area contributed by atoms with Crippen LogP contribution in [0.15, 0.2) is 215 Å². The lowest BCUT2D eigenvalue weighted by atomic mass is 9.62. The van der Waals surface area contributed by atoms with E-state index in [-0.39, 0.29) is 11.8 Å². The molecule has 6 aliphatic rings. The van der Waals surface area contributed by atoms with Crippen LogP contribution in [-0.4, -0.2) is 6.21 Å². The Labute approximate surface area is 353 Å². The second kappa shape index (κ2) is 13.3. The Bertz CT molecular complexity index is 3060. The molecule has 6 aromatic rings. The van der Waals surface area contributed by atoms with E-state index < -0.39 is 10.8 Å². The van der Waals surface area contributed by atoms with E-state index in [2.05, 4.69) is 214 Å². The van der Waals surface area contributed by atoms with Crippen molar-refractivity contribution < 1.29 is 0 Å². The molecular formula is C59H45N. The number of rotatable bonds is 5. The first kappa shape index (κ1) is 35.1. The smallest absolute Gasteiger partial charge is 0.0710 e. The Kier molecular flexibility index (Phi) is 7.82. The molecule has 286 valence electrons. The monoisotopic (exact) mass is 767 g/mol. The molecule has 1 nitrogen and oxygen atoms in total. The van der Waals surface area contributed by atoms with Crippen LogP contribution >= 0.6 is 0 Å². The van der Waals surface area contributed by atoms with E-state index in [0.717, 1.165) is 18.5 Å². The fraction of sp³-hybridized carbons (Fsp3) is 0.136. The van der Waals surface area contributed by atoms with Gasteiger partial charge >= 0.3 is 0 Å². The number of fused-ring (bicyclic) bond motifs is 7. The largest absolute Gasteiger partial charge is 0.261 e.